The molecule has 0 amide bonds. The fraction of sp³-hybridized carbons (Fsp3) is 0. The Bertz CT molecular complexity index is 3280. The van der Waals surface area contributed by atoms with Crippen molar-refractivity contribution in [3.63, 3.8) is 0 Å². The fourth-order valence-electron chi connectivity index (χ4n) is 8.16. The summed E-state index contributed by atoms with van der Waals surface area (Å²) >= 11 is 0. The smallest absolute Gasteiger partial charge is 0.215 e. The van der Waals surface area contributed by atoms with Crippen LogP contribution in [-0.4, -0.2) is 9.13 Å². The summed E-state index contributed by atoms with van der Waals surface area (Å²) in [6.45, 7) is 8.40. The predicted octanol–water partition coefficient (Wildman–Crippen LogP) is 11.6. The zero-order valence-corrected chi connectivity index (χ0v) is 27.8. The van der Waals surface area contributed by atoms with E-state index in [0.29, 0.717) is 11.1 Å². The van der Waals surface area contributed by atoms with Crippen LogP contribution in [0.3, 0.4) is 0 Å². The quantitative estimate of drug-likeness (QED) is 0.174. The minimum Gasteiger partial charge on any atom is -0.456 e. The van der Waals surface area contributed by atoms with Gasteiger partial charge in [0.2, 0.25) is 5.69 Å². The first kappa shape index (κ1) is 29.8. The molecule has 0 saturated carbocycles. The molecule has 0 atom stereocenters. The molecule has 0 fully saturated rings. The van der Waals surface area contributed by atoms with Crippen LogP contribution in [0.1, 0.15) is 16.7 Å². The van der Waals surface area contributed by atoms with E-state index in [1.54, 1.807) is 0 Å². The van der Waals surface area contributed by atoms with E-state index in [1.807, 2.05) is 114 Å². The monoisotopic (exact) mass is 674 g/mol. The zero-order chi connectivity index (χ0) is 35.8. The van der Waals surface area contributed by atoms with Gasteiger partial charge in [0.15, 0.2) is 0 Å². The molecule has 0 bridgehead atoms. The number of rotatable bonds is 3. The van der Waals surface area contributed by atoms with Crippen molar-refractivity contribution in [1.82, 2.24) is 9.13 Å². The van der Waals surface area contributed by atoms with Gasteiger partial charge in [0.25, 0.3) is 0 Å². The van der Waals surface area contributed by atoms with Gasteiger partial charge in [-0.05, 0) is 54.1 Å². The van der Waals surface area contributed by atoms with Crippen LogP contribution in [0.15, 0.2) is 138 Å². The molecule has 0 unspecified atom stereocenters. The van der Waals surface area contributed by atoms with Crippen molar-refractivity contribution in [2.45, 2.75) is 0 Å². The minimum absolute atomic E-state index is 0.0171. The van der Waals surface area contributed by atoms with Gasteiger partial charge in [0.1, 0.15) is 17.2 Å². The molecule has 53 heavy (non-hydrogen) atoms. The largest absolute Gasteiger partial charge is 0.456 e. The number of para-hydroxylation sites is 4. The molecule has 0 aliphatic rings. The van der Waals surface area contributed by atoms with Gasteiger partial charge in [-0.15, -0.1) is 0 Å². The molecule has 0 aliphatic heterocycles. The van der Waals surface area contributed by atoms with Gasteiger partial charge in [-0.1, -0.05) is 84.9 Å². The first-order chi connectivity index (χ1) is 26.2. The summed E-state index contributed by atoms with van der Waals surface area (Å²) in [7, 11) is 0. The molecule has 10 aromatic rings. The molecule has 3 aromatic heterocycles. The molecular formula is C46H22N6O. The molecule has 3 heterocycles. The SMILES string of the molecule is [C-]#[N+]c1c(C#N)c(-n2c3ccccc3c3c4c(ccc32)oc2ccccc24)c(C#N)c(C#N)c1-c1ccc(-n2c3ccccc3c3ccccc32)cc1. The van der Waals surface area contributed by atoms with Crippen LogP contribution in [0, 0.1) is 40.6 Å². The maximum Gasteiger partial charge on any atom is 0.215 e. The van der Waals surface area contributed by atoms with Gasteiger partial charge < -0.3 is 13.6 Å². The van der Waals surface area contributed by atoms with Gasteiger partial charge in [0.05, 0.1) is 63.2 Å². The van der Waals surface area contributed by atoms with Gasteiger partial charge in [-0.25, -0.2) is 4.85 Å². The number of aromatic nitrogens is 2. The number of furan rings is 1. The third-order valence-corrected chi connectivity index (χ3v) is 10.3. The second-order valence-corrected chi connectivity index (χ2v) is 12.8. The van der Waals surface area contributed by atoms with Crippen LogP contribution in [0.4, 0.5) is 5.69 Å². The molecule has 242 valence electrons. The van der Waals surface area contributed by atoms with Crippen molar-refractivity contribution in [2.75, 3.05) is 0 Å². The van der Waals surface area contributed by atoms with Crippen molar-refractivity contribution in [1.29, 1.82) is 15.8 Å². The summed E-state index contributed by atoms with van der Waals surface area (Å²) in [6, 6.07) is 50.3. The predicted molar refractivity (Wildman–Crippen MR) is 208 cm³/mol. The Hall–Kier alpha value is -8.10. The topological polar surface area (TPSA) is 98.7 Å². The molecule has 0 radical (unpaired) electrons. The molecule has 0 spiro atoms. The lowest BCUT2D eigenvalue weighted by Gasteiger charge is -2.18. The third kappa shape index (κ3) is 3.99. The van der Waals surface area contributed by atoms with Crippen LogP contribution in [-0.2, 0) is 0 Å². The van der Waals surface area contributed by atoms with Crippen molar-refractivity contribution >= 4 is 71.2 Å². The lowest BCUT2D eigenvalue weighted by atomic mass is 9.89. The van der Waals surface area contributed by atoms with Gasteiger partial charge in [-0.2, -0.15) is 15.8 Å². The highest BCUT2D eigenvalue weighted by atomic mass is 16.3. The van der Waals surface area contributed by atoms with E-state index in [9.17, 15) is 15.8 Å². The van der Waals surface area contributed by atoms with E-state index >= 15 is 0 Å². The molecular weight excluding hydrogens is 653 g/mol. The summed E-state index contributed by atoms with van der Waals surface area (Å²) in [6.07, 6.45) is 0. The lowest BCUT2D eigenvalue weighted by Crippen LogP contribution is -2.06. The Labute approximate surface area is 302 Å². The van der Waals surface area contributed by atoms with Crippen LogP contribution in [0.25, 0.3) is 92.9 Å². The summed E-state index contributed by atoms with van der Waals surface area (Å²) in [4.78, 5) is 3.90. The Kier molecular flexibility index (Phi) is 6.30. The average Bonchev–Trinajstić information content (AvgIpc) is 3.87. The van der Waals surface area contributed by atoms with Crippen LogP contribution >= 0.6 is 0 Å². The molecule has 10 rings (SSSR count). The molecule has 7 nitrogen and oxygen atoms in total. The molecule has 7 aromatic carbocycles. The highest BCUT2D eigenvalue weighted by Crippen LogP contribution is 2.47. The van der Waals surface area contributed by atoms with Gasteiger partial charge >= 0.3 is 0 Å². The highest BCUT2D eigenvalue weighted by molar-refractivity contribution is 6.27. The van der Waals surface area contributed by atoms with E-state index in [-0.39, 0.29) is 33.6 Å². The molecule has 0 aliphatic carbocycles. The summed E-state index contributed by atoms with van der Waals surface area (Å²) in [5.41, 5.74) is 7.05. The van der Waals surface area contributed by atoms with Crippen molar-refractivity contribution in [3.8, 4) is 40.7 Å². The Balaban J connectivity index is 1.25. The highest BCUT2D eigenvalue weighted by Gasteiger charge is 2.29. The second-order valence-electron chi connectivity index (χ2n) is 12.8. The summed E-state index contributed by atoms with van der Waals surface area (Å²) in [5.74, 6) is 0. The third-order valence-electron chi connectivity index (χ3n) is 10.3. The van der Waals surface area contributed by atoms with Crippen LogP contribution < -0.4 is 0 Å². The number of fused-ring (bicyclic) bond motifs is 10. The van der Waals surface area contributed by atoms with E-state index in [2.05, 4.69) is 51.9 Å². The maximum absolute atomic E-state index is 10.9. The lowest BCUT2D eigenvalue weighted by molar-refractivity contribution is 0.669. The van der Waals surface area contributed by atoms with Crippen molar-refractivity contribution in [2.24, 2.45) is 0 Å². The maximum atomic E-state index is 10.9. The number of nitrogens with zero attached hydrogens (tertiary/aromatic N) is 6. The number of nitriles is 3. The average molecular weight is 675 g/mol. The van der Waals surface area contributed by atoms with Crippen molar-refractivity contribution in [3.05, 3.63) is 162 Å². The minimum atomic E-state index is 0.0171. The van der Waals surface area contributed by atoms with E-state index in [1.165, 1.54) is 0 Å². The number of hydrogen-bond acceptors (Lipinski definition) is 4. The van der Waals surface area contributed by atoms with Gasteiger partial charge in [0, 0.05) is 43.6 Å². The molecule has 7 heteroatoms. The summed E-state index contributed by atoms with van der Waals surface area (Å²) < 4.78 is 10.3. The first-order valence-electron chi connectivity index (χ1n) is 16.9. The van der Waals surface area contributed by atoms with E-state index in [0.717, 1.165) is 65.7 Å². The van der Waals surface area contributed by atoms with E-state index in [4.69, 9.17) is 11.0 Å². The second kappa shape index (κ2) is 11.2. The molecule has 0 saturated heterocycles. The van der Waals surface area contributed by atoms with E-state index < -0.39 is 0 Å². The fourth-order valence-corrected chi connectivity index (χ4v) is 8.16. The Morgan fingerprint density at radius 3 is 1.68 bits per heavy atom. The Morgan fingerprint density at radius 1 is 0.491 bits per heavy atom. The normalized spacial score (nSPS) is 11.3. The van der Waals surface area contributed by atoms with Crippen molar-refractivity contribution < 1.29 is 4.42 Å². The number of benzene rings is 7. The van der Waals surface area contributed by atoms with Crippen LogP contribution in [0.2, 0.25) is 0 Å². The Morgan fingerprint density at radius 2 is 1.06 bits per heavy atom. The molecule has 0 N–H and O–H groups in total. The zero-order valence-electron chi connectivity index (χ0n) is 27.8. The van der Waals surface area contributed by atoms with Crippen LogP contribution in [0.5, 0.6) is 0 Å². The van der Waals surface area contributed by atoms with Gasteiger partial charge in [-0.3, -0.25) is 0 Å². The number of hydrogen-bond donors (Lipinski definition) is 0. The first-order valence-corrected chi connectivity index (χ1v) is 16.9. The standard InChI is InChI=1S/C46H22N6O/c1-50-45-35(26-49)46(52-38-16-8-4-12-31(38)43-39(52)22-23-41-44(43)32-13-5-9-17-40(32)53-41)34(25-48)33(24-47)42(45)27-18-20-28(21-19-27)51-36-14-6-2-10-29(36)30-11-3-7-15-37(30)51/h2-23H. The summed E-state index contributed by atoms with van der Waals surface area (Å²) in [5, 5.41) is 38.4.